The number of amides is 3. The van der Waals surface area contributed by atoms with Crippen molar-refractivity contribution >= 4 is 35.0 Å². The molecule has 2 heterocycles. The molecule has 1 atom stereocenters. The second-order valence-electron chi connectivity index (χ2n) is 8.42. The molecule has 2 aromatic rings. The molecule has 0 aromatic heterocycles. The Morgan fingerprint density at radius 3 is 2.55 bits per heavy atom. The molecule has 9 heteroatoms. The van der Waals surface area contributed by atoms with Crippen LogP contribution in [-0.4, -0.2) is 44.3 Å². The highest BCUT2D eigenvalue weighted by Gasteiger charge is 2.35. The van der Waals surface area contributed by atoms with Crippen molar-refractivity contribution in [2.75, 3.05) is 41.9 Å². The quantitative estimate of drug-likeness (QED) is 0.692. The molecule has 1 fully saturated rings. The molecule has 0 bridgehead atoms. The Morgan fingerprint density at radius 1 is 1.06 bits per heavy atom. The number of nitrogens with one attached hydrogen (secondary N) is 2. The predicted octanol–water partition coefficient (Wildman–Crippen LogP) is 3.65. The maximum absolute atomic E-state index is 12.8. The summed E-state index contributed by atoms with van der Waals surface area (Å²) in [4.78, 5) is 38.9. The van der Waals surface area contributed by atoms with Gasteiger partial charge in [-0.2, -0.15) is 0 Å². The first-order valence-corrected chi connectivity index (χ1v) is 10.9. The second-order valence-corrected chi connectivity index (χ2v) is 8.42. The van der Waals surface area contributed by atoms with Gasteiger partial charge in [0.15, 0.2) is 11.5 Å². The smallest absolute Gasteiger partial charge is 0.411 e. The van der Waals surface area contributed by atoms with Crippen molar-refractivity contribution in [2.24, 2.45) is 11.8 Å². The van der Waals surface area contributed by atoms with Crippen LogP contribution >= 0.6 is 0 Å². The van der Waals surface area contributed by atoms with E-state index >= 15 is 0 Å². The molecule has 0 aliphatic carbocycles. The lowest BCUT2D eigenvalue weighted by Gasteiger charge is -2.22. The number of fused-ring (bicyclic) bond motifs is 1. The van der Waals surface area contributed by atoms with E-state index < -0.39 is 12.0 Å². The van der Waals surface area contributed by atoms with E-state index in [1.54, 1.807) is 47.4 Å². The van der Waals surface area contributed by atoms with E-state index in [1.807, 2.05) is 13.8 Å². The summed E-state index contributed by atoms with van der Waals surface area (Å²) in [6.07, 6.45) is -0.441. The number of anilines is 3. The molecule has 0 spiro atoms. The van der Waals surface area contributed by atoms with Gasteiger partial charge in [-0.05, 0) is 36.2 Å². The number of hydrogen-bond donors (Lipinski definition) is 2. The van der Waals surface area contributed by atoms with Crippen LogP contribution in [0, 0.1) is 11.8 Å². The fourth-order valence-electron chi connectivity index (χ4n) is 3.65. The molecule has 1 unspecified atom stereocenters. The molecule has 3 amide bonds. The second kappa shape index (κ2) is 9.81. The highest BCUT2D eigenvalue weighted by Crippen LogP contribution is 2.36. The van der Waals surface area contributed by atoms with Gasteiger partial charge in [0.05, 0.1) is 12.5 Å². The molecule has 2 aliphatic heterocycles. The zero-order chi connectivity index (χ0) is 23.4. The number of hydrogen-bond acceptors (Lipinski definition) is 6. The fourth-order valence-corrected chi connectivity index (χ4v) is 3.65. The van der Waals surface area contributed by atoms with Crippen molar-refractivity contribution in [3.63, 3.8) is 0 Å². The van der Waals surface area contributed by atoms with Crippen LogP contribution in [-0.2, 0) is 14.3 Å². The van der Waals surface area contributed by atoms with Crippen LogP contribution in [0.2, 0.25) is 0 Å². The van der Waals surface area contributed by atoms with Gasteiger partial charge >= 0.3 is 6.09 Å². The average molecular weight is 453 g/mol. The van der Waals surface area contributed by atoms with Gasteiger partial charge in [-0.25, -0.2) is 4.79 Å². The van der Waals surface area contributed by atoms with Crippen LogP contribution < -0.4 is 25.0 Å². The standard InChI is InChI=1S/C24H27N3O6/c1-15(2)14-33-24(30)26-18-5-3-4-17(11-18)25-23(29)16-10-22(28)27(13-16)19-6-7-20-21(12-19)32-9-8-31-20/h3-7,11-12,15-16H,8-10,13-14H2,1-2H3,(H,25,29)(H,26,30). The minimum Gasteiger partial charge on any atom is -0.486 e. The SMILES string of the molecule is CC(C)COC(=O)Nc1cccc(NC(=O)C2CC(=O)N(c3ccc4c(c3)OCCO4)C2)c1. The van der Waals surface area contributed by atoms with E-state index in [9.17, 15) is 14.4 Å². The number of ether oxygens (including phenoxy) is 3. The van der Waals surface area contributed by atoms with Gasteiger partial charge in [0, 0.05) is 36.1 Å². The lowest BCUT2D eigenvalue weighted by molar-refractivity contribution is -0.122. The monoisotopic (exact) mass is 453 g/mol. The third-order valence-corrected chi connectivity index (χ3v) is 5.26. The van der Waals surface area contributed by atoms with E-state index in [2.05, 4.69) is 10.6 Å². The molecule has 2 aliphatic rings. The lowest BCUT2D eigenvalue weighted by atomic mass is 10.1. The van der Waals surface area contributed by atoms with Crippen LogP contribution in [0.15, 0.2) is 42.5 Å². The average Bonchev–Trinajstić information content (AvgIpc) is 3.19. The number of carbonyl (C=O) groups excluding carboxylic acids is 3. The van der Waals surface area contributed by atoms with Gasteiger partial charge in [-0.1, -0.05) is 19.9 Å². The number of carbonyl (C=O) groups is 3. The van der Waals surface area contributed by atoms with Crippen LogP contribution in [0.4, 0.5) is 21.9 Å². The first kappa shape index (κ1) is 22.4. The van der Waals surface area contributed by atoms with Crippen LogP contribution in [0.3, 0.4) is 0 Å². The molecule has 0 radical (unpaired) electrons. The fraction of sp³-hybridized carbons (Fsp3) is 0.375. The molecule has 9 nitrogen and oxygen atoms in total. The highest BCUT2D eigenvalue weighted by molar-refractivity contribution is 6.03. The minimum atomic E-state index is -0.552. The van der Waals surface area contributed by atoms with Crippen LogP contribution in [0.1, 0.15) is 20.3 Å². The summed E-state index contributed by atoms with van der Waals surface area (Å²) in [5, 5.41) is 5.48. The van der Waals surface area contributed by atoms with Gasteiger partial charge in [-0.3, -0.25) is 14.9 Å². The van der Waals surface area contributed by atoms with Crippen molar-refractivity contribution in [3.8, 4) is 11.5 Å². The number of rotatable bonds is 6. The number of benzene rings is 2. The Morgan fingerprint density at radius 2 is 1.79 bits per heavy atom. The first-order chi connectivity index (χ1) is 15.9. The summed E-state index contributed by atoms with van der Waals surface area (Å²) < 4.78 is 16.2. The molecule has 174 valence electrons. The zero-order valence-corrected chi connectivity index (χ0v) is 18.6. The molecule has 1 saturated heterocycles. The van der Waals surface area contributed by atoms with Gasteiger partial charge in [0.25, 0.3) is 0 Å². The third-order valence-electron chi connectivity index (χ3n) is 5.26. The Hall–Kier alpha value is -3.75. The molecule has 4 rings (SSSR count). The Labute approximate surface area is 192 Å². The minimum absolute atomic E-state index is 0.111. The molecular formula is C24H27N3O6. The van der Waals surface area contributed by atoms with Crippen LogP contribution in [0.5, 0.6) is 11.5 Å². The van der Waals surface area contributed by atoms with E-state index in [1.165, 1.54) is 0 Å². The van der Waals surface area contributed by atoms with E-state index in [0.29, 0.717) is 48.4 Å². The van der Waals surface area contributed by atoms with Gasteiger partial charge in [0.2, 0.25) is 11.8 Å². The third kappa shape index (κ3) is 5.54. The lowest BCUT2D eigenvalue weighted by Crippen LogP contribution is -2.28. The molecule has 33 heavy (non-hydrogen) atoms. The van der Waals surface area contributed by atoms with E-state index in [0.717, 1.165) is 0 Å². The maximum Gasteiger partial charge on any atom is 0.411 e. The zero-order valence-electron chi connectivity index (χ0n) is 18.6. The molecule has 2 N–H and O–H groups in total. The van der Waals surface area contributed by atoms with Crippen molar-refractivity contribution in [1.29, 1.82) is 0 Å². The first-order valence-electron chi connectivity index (χ1n) is 10.9. The summed E-state index contributed by atoms with van der Waals surface area (Å²) in [7, 11) is 0. The van der Waals surface area contributed by atoms with E-state index in [4.69, 9.17) is 14.2 Å². The van der Waals surface area contributed by atoms with Crippen molar-refractivity contribution in [3.05, 3.63) is 42.5 Å². The Bertz CT molecular complexity index is 1050. The highest BCUT2D eigenvalue weighted by atomic mass is 16.6. The topological polar surface area (TPSA) is 106 Å². The molecule has 2 aromatic carbocycles. The van der Waals surface area contributed by atoms with E-state index in [-0.39, 0.29) is 30.7 Å². The summed E-state index contributed by atoms with van der Waals surface area (Å²) >= 11 is 0. The van der Waals surface area contributed by atoms with Crippen LogP contribution in [0.25, 0.3) is 0 Å². The largest absolute Gasteiger partial charge is 0.486 e. The van der Waals surface area contributed by atoms with Crippen molar-refractivity contribution in [2.45, 2.75) is 20.3 Å². The van der Waals surface area contributed by atoms with Gasteiger partial charge in [0.1, 0.15) is 13.2 Å². The normalized spacial score (nSPS) is 17.1. The summed E-state index contributed by atoms with van der Waals surface area (Å²) in [5.74, 6) is 0.580. The summed E-state index contributed by atoms with van der Waals surface area (Å²) in [5.41, 5.74) is 1.69. The molecule has 0 saturated carbocycles. The summed E-state index contributed by atoms with van der Waals surface area (Å²) in [6.45, 7) is 5.44. The van der Waals surface area contributed by atoms with Gasteiger partial charge in [-0.15, -0.1) is 0 Å². The Balaban J connectivity index is 1.36. The number of nitrogens with zero attached hydrogens (tertiary/aromatic N) is 1. The maximum atomic E-state index is 12.8. The molecular weight excluding hydrogens is 426 g/mol. The van der Waals surface area contributed by atoms with Crippen molar-refractivity contribution in [1.82, 2.24) is 0 Å². The predicted molar refractivity (Wildman–Crippen MR) is 123 cm³/mol. The van der Waals surface area contributed by atoms with Gasteiger partial charge < -0.3 is 24.4 Å². The Kier molecular flexibility index (Phi) is 6.67. The van der Waals surface area contributed by atoms with Crippen molar-refractivity contribution < 1.29 is 28.6 Å². The summed E-state index contributed by atoms with van der Waals surface area (Å²) in [6, 6.07) is 12.1.